The van der Waals surface area contributed by atoms with Gasteiger partial charge in [0.15, 0.2) is 5.76 Å². The number of nitrogens with one attached hydrogen (secondary N) is 1. The fourth-order valence-electron chi connectivity index (χ4n) is 3.84. The maximum Gasteiger partial charge on any atom is 0.290 e. The van der Waals surface area contributed by atoms with Crippen molar-refractivity contribution in [1.82, 2.24) is 15.1 Å². The molecule has 0 saturated heterocycles. The quantitative estimate of drug-likeness (QED) is 0.674. The van der Waals surface area contributed by atoms with Crippen molar-refractivity contribution in [3.05, 3.63) is 94.9 Å². The minimum absolute atomic E-state index is 0.0754. The lowest BCUT2D eigenvalue weighted by atomic mass is 9.93. The van der Waals surface area contributed by atoms with E-state index >= 15 is 0 Å². The number of hydrogen-bond donors (Lipinski definition) is 1. The largest absolute Gasteiger partial charge is 0.459 e. The Kier molecular flexibility index (Phi) is 6.07. The lowest BCUT2D eigenvalue weighted by Crippen LogP contribution is -2.52. The maximum absolute atomic E-state index is 13.1. The number of carbonyl (C=O) groups excluding carboxylic acids is 3. The molecule has 0 spiro atoms. The molecule has 1 atom stereocenters. The Morgan fingerprint density at radius 1 is 1.00 bits per heavy atom. The zero-order valence-corrected chi connectivity index (χ0v) is 18.1. The normalized spacial score (nSPS) is 15.1. The van der Waals surface area contributed by atoms with Gasteiger partial charge in [-0.05, 0) is 41.0 Å². The standard InChI is InChI=1S/C25H25N3O4/c1-27(2)24(30)18-11-9-17(10-12-18)15-26-23(29)21-14-19-6-3-4-7-20(19)16-28(21)25(31)22-8-5-13-32-22/h3-13,21H,14-16H2,1-2H3,(H,26,29). The van der Waals surface area contributed by atoms with Crippen LogP contribution in [0.1, 0.15) is 37.6 Å². The summed E-state index contributed by atoms with van der Waals surface area (Å²) < 4.78 is 5.29. The van der Waals surface area contributed by atoms with E-state index < -0.39 is 6.04 Å². The summed E-state index contributed by atoms with van der Waals surface area (Å²) in [6.45, 7) is 0.644. The van der Waals surface area contributed by atoms with Crippen molar-refractivity contribution in [3.8, 4) is 0 Å². The smallest absolute Gasteiger partial charge is 0.290 e. The summed E-state index contributed by atoms with van der Waals surface area (Å²) in [7, 11) is 3.41. The van der Waals surface area contributed by atoms with E-state index in [1.807, 2.05) is 36.4 Å². The number of furan rings is 1. The molecule has 1 aliphatic heterocycles. The summed E-state index contributed by atoms with van der Waals surface area (Å²) in [4.78, 5) is 41.3. The van der Waals surface area contributed by atoms with Crippen molar-refractivity contribution in [1.29, 1.82) is 0 Å². The fraction of sp³-hybridized carbons (Fsp3) is 0.240. The average Bonchev–Trinajstić information content (AvgIpc) is 3.36. The Balaban J connectivity index is 1.49. The number of carbonyl (C=O) groups is 3. The first-order valence-electron chi connectivity index (χ1n) is 10.4. The van der Waals surface area contributed by atoms with Gasteiger partial charge in [-0.3, -0.25) is 14.4 Å². The molecule has 164 valence electrons. The van der Waals surface area contributed by atoms with Crippen LogP contribution in [-0.2, 0) is 24.3 Å². The number of benzene rings is 2. The van der Waals surface area contributed by atoms with Crippen molar-refractivity contribution >= 4 is 17.7 Å². The fourth-order valence-corrected chi connectivity index (χ4v) is 3.84. The van der Waals surface area contributed by atoms with Crippen molar-refractivity contribution in [3.63, 3.8) is 0 Å². The van der Waals surface area contributed by atoms with Gasteiger partial charge in [-0.15, -0.1) is 0 Å². The average molecular weight is 431 g/mol. The summed E-state index contributed by atoms with van der Waals surface area (Å²) >= 11 is 0. The molecule has 1 aliphatic rings. The van der Waals surface area contributed by atoms with E-state index in [1.165, 1.54) is 11.2 Å². The zero-order chi connectivity index (χ0) is 22.7. The van der Waals surface area contributed by atoms with Crippen molar-refractivity contribution in [2.45, 2.75) is 25.6 Å². The molecular formula is C25H25N3O4. The third-order valence-corrected chi connectivity index (χ3v) is 5.62. The molecule has 0 aliphatic carbocycles. The van der Waals surface area contributed by atoms with Gasteiger partial charge in [0.2, 0.25) is 5.91 Å². The summed E-state index contributed by atoms with van der Waals surface area (Å²) in [5.41, 5.74) is 3.54. The van der Waals surface area contributed by atoms with Crippen LogP contribution in [0.5, 0.6) is 0 Å². The first kappa shape index (κ1) is 21.4. The lowest BCUT2D eigenvalue weighted by molar-refractivity contribution is -0.126. The topological polar surface area (TPSA) is 82.9 Å². The van der Waals surface area contributed by atoms with E-state index in [0.29, 0.717) is 25.1 Å². The van der Waals surface area contributed by atoms with Gasteiger partial charge in [-0.1, -0.05) is 36.4 Å². The maximum atomic E-state index is 13.1. The van der Waals surface area contributed by atoms with Crippen LogP contribution in [0.2, 0.25) is 0 Å². The second-order valence-corrected chi connectivity index (χ2v) is 8.01. The molecule has 3 aromatic rings. The molecule has 0 radical (unpaired) electrons. The predicted molar refractivity (Wildman–Crippen MR) is 119 cm³/mol. The number of hydrogen-bond acceptors (Lipinski definition) is 4. The molecule has 1 aromatic heterocycles. The van der Waals surface area contributed by atoms with E-state index in [9.17, 15) is 14.4 Å². The third-order valence-electron chi connectivity index (χ3n) is 5.62. The van der Waals surface area contributed by atoms with Gasteiger partial charge >= 0.3 is 0 Å². The molecule has 1 unspecified atom stereocenters. The molecule has 0 bridgehead atoms. The molecule has 7 heteroatoms. The van der Waals surface area contributed by atoms with E-state index in [-0.39, 0.29) is 23.5 Å². The highest BCUT2D eigenvalue weighted by Gasteiger charge is 2.35. The van der Waals surface area contributed by atoms with Gasteiger partial charge < -0.3 is 19.5 Å². The van der Waals surface area contributed by atoms with Crippen LogP contribution in [0.25, 0.3) is 0 Å². The van der Waals surface area contributed by atoms with Crippen LogP contribution in [-0.4, -0.2) is 47.7 Å². The first-order chi connectivity index (χ1) is 15.4. The van der Waals surface area contributed by atoms with Crippen LogP contribution in [0.15, 0.2) is 71.3 Å². The van der Waals surface area contributed by atoms with Gasteiger partial charge in [0.1, 0.15) is 6.04 Å². The Morgan fingerprint density at radius 2 is 1.72 bits per heavy atom. The Hall–Kier alpha value is -3.87. The second-order valence-electron chi connectivity index (χ2n) is 8.01. The number of nitrogens with zero attached hydrogens (tertiary/aromatic N) is 2. The Labute approximate surface area is 186 Å². The van der Waals surface area contributed by atoms with E-state index in [2.05, 4.69) is 5.32 Å². The van der Waals surface area contributed by atoms with Crippen LogP contribution >= 0.6 is 0 Å². The van der Waals surface area contributed by atoms with Gasteiger partial charge in [-0.2, -0.15) is 0 Å². The Morgan fingerprint density at radius 3 is 2.38 bits per heavy atom. The summed E-state index contributed by atoms with van der Waals surface area (Å²) in [5.74, 6) is -0.402. The summed E-state index contributed by atoms with van der Waals surface area (Å²) in [6.07, 6.45) is 1.88. The van der Waals surface area contributed by atoms with Gasteiger partial charge in [0, 0.05) is 39.2 Å². The summed E-state index contributed by atoms with van der Waals surface area (Å²) in [5, 5.41) is 2.94. The van der Waals surface area contributed by atoms with E-state index in [4.69, 9.17) is 4.42 Å². The second kappa shape index (κ2) is 9.09. The molecule has 4 rings (SSSR count). The minimum atomic E-state index is -0.642. The van der Waals surface area contributed by atoms with Crippen molar-refractivity contribution in [2.24, 2.45) is 0 Å². The lowest BCUT2D eigenvalue weighted by Gasteiger charge is -2.35. The zero-order valence-electron chi connectivity index (χ0n) is 18.1. The number of fused-ring (bicyclic) bond motifs is 1. The van der Waals surface area contributed by atoms with Crippen LogP contribution < -0.4 is 5.32 Å². The summed E-state index contributed by atoms with van der Waals surface area (Å²) in [6, 6.07) is 17.6. The molecule has 1 N–H and O–H groups in total. The Bertz CT molecular complexity index is 1120. The molecule has 32 heavy (non-hydrogen) atoms. The van der Waals surface area contributed by atoms with Crippen molar-refractivity contribution < 1.29 is 18.8 Å². The number of rotatable bonds is 5. The van der Waals surface area contributed by atoms with Gasteiger partial charge in [0.25, 0.3) is 11.8 Å². The van der Waals surface area contributed by atoms with E-state index in [0.717, 1.165) is 16.7 Å². The number of amides is 3. The molecule has 2 aromatic carbocycles. The van der Waals surface area contributed by atoms with Crippen LogP contribution in [0, 0.1) is 0 Å². The monoisotopic (exact) mass is 431 g/mol. The third kappa shape index (κ3) is 4.42. The molecule has 7 nitrogen and oxygen atoms in total. The molecule has 3 amide bonds. The van der Waals surface area contributed by atoms with Crippen LogP contribution in [0.3, 0.4) is 0 Å². The SMILES string of the molecule is CN(C)C(=O)c1ccc(CNC(=O)C2Cc3ccccc3CN2C(=O)c2ccco2)cc1. The highest BCUT2D eigenvalue weighted by molar-refractivity contribution is 5.96. The minimum Gasteiger partial charge on any atom is -0.459 e. The van der Waals surface area contributed by atoms with Crippen molar-refractivity contribution in [2.75, 3.05) is 14.1 Å². The highest BCUT2D eigenvalue weighted by Crippen LogP contribution is 2.25. The molecule has 0 saturated carbocycles. The first-order valence-corrected chi connectivity index (χ1v) is 10.4. The van der Waals surface area contributed by atoms with Gasteiger partial charge in [-0.25, -0.2) is 0 Å². The van der Waals surface area contributed by atoms with E-state index in [1.54, 1.807) is 43.3 Å². The molecular weight excluding hydrogens is 406 g/mol. The van der Waals surface area contributed by atoms with Crippen LogP contribution in [0.4, 0.5) is 0 Å². The molecule has 0 fully saturated rings. The molecule has 2 heterocycles. The predicted octanol–water partition coefficient (Wildman–Crippen LogP) is 2.86. The van der Waals surface area contributed by atoms with Gasteiger partial charge in [0.05, 0.1) is 6.26 Å². The highest BCUT2D eigenvalue weighted by atomic mass is 16.3.